The molecule has 0 radical (unpaired) electrons. The lowest BCUT2D eigenvalue weighted by atomic mass is 10.2. The van der Waals surface area contributed by atoms with Gasteiger partial charge in [-0.15, -0.1) is 0 Å². The number of hydrogen-bond donors (Lipinski definition) is 0. The van der Waals surface area contributed by atoms with Gasteiger partial charge in [-0.3, -0.25) is 4.98 Å². The van der Waals surface area contributed by atoms with Gasteiger partial charge in [0.15, 0.2) is 11.5 Å². The second-order valence-corrected chi connectivity index (χ2v) is 4.44. The molecule has 0 bridgehead atoms. The zero-order valence-corrected chi connectivity index (χ0v) is 12.3. The fourth-order valence-corrected chi connectivity index (χ4v) is 1.99. The van der Waals surface area contributed by atoms with E-state index in [4.69, 9.17) is 31.1 Å². The van der Waals surface area contributed by atoms with Gasteiger partial charge in [0.2, 0.25) is 0 Å². The molecule has 0 N–H and O–H groups in total. The number of nitrogens with zero attached hydrogens (tertiary/aromatic N) is 2. The van der Waals surface area contributed by atoms with Crippen LogP contribution in [-0.4, -0.2) is 19.2 Å². The first-order valence-electron chi connectivity index (χ1n) is 6.08. The molecule has 0 saturated carbocycles. The summed E-state index contributed by atoms with van der Waals surface area (Å²) < 4.78 is 16.1. The molecule has 0 atom stereocenters. The lowest BCUT2D eigenvalue weighted by Gasteiger charge is -2.12. The summed E-state index contributed by atoms with van der Waals surface area (Å²) >= 11 is 5.95. The molecule has 0 fully saturated rings. The third-order valence-electron chi connectivity index (χ3n) is 2.80. The average Bonchev–Trinajstić information content (AvgIpc) is 2.52. The molecule has 1 aromatic carbocycles. The average molecular weight is 305 g/mol. The first kappa shape index (κ1) is 14.9. The molecule has 5 nitrogen and oxygen atoms in total. The lowest BCUT2D eigenvalue weighted by Crippen LogP contribution is -2.03. The molecule has 0 spiro atoms. The van der Waals surface area contributed by atoms with Gasteiger partial charge in [0.25, 0.3) is 0 Å². The number of pyridine rings is 1. The number of aromatic nitrogens is 1. The van der Waals surface area contributed by atoms with Crippen molar-refractivity contribution in [3.05, 3.63) is 46.7 Å². The van der Waals surface area contributed by atoms with Gasteiger partial charge in [0.05, 0.1) is 24.8 Å². The summed E-state index contributed by atoms with van der Waals surface area (Å²) in [5.41, 5.74) is 1.01. The van der Waals surface area contributed by atoms with Crippen LogP contribution in [0.4, 0.5) is 0 Å². The highest BCUT2D eigenvalue weighted by molar-refractivity contribution is 6.31. The maximum atomic E-state index is 8.83. The maximum absolute atomic E-state index is 8.83. The Kier molecular flexibility index (Phi) is 4.85. The van der Waals surface area contributed by atoms with Crippen LogP contribution in [0.2, 0.25) is 5.02 Å². The topological polar surface area (TPSA) is 64.4 Å². The summed E-state index contributed by atoms with van der Waals surface area (Å²) in [7, 11) is 3.10. The number of nitriles is 1. The van der Waals surface area contributed by atoms with Gasteiger partial charge in [-0.2, -0.15) is 5.26 Å². The molecule has 0 unspecified atom stereocenters. The number of hydrogen-bond acceptors (Lipinski definition) is 5. The Morgan fingerprint density at radius 2 is 2.05 bits per heavy atom. The van der Waals surface area contributed by atoms with E-state index < -0.39 is 0 Å². The third kappa shape index (κ3) is 3.36. The van der Waals surface area contributed by atoms with Crippen molar-refractivity contribution in [3.63, 3.8) is 0 Å². The summed E-state index contributed by atoms with van der Waals surface area (Å²) in [5.74, 6) is 1.66. The van der Waals surface area contributed by atoms with Crippen LogP contribution >= 0.6 is 11.6 Å². The van der Waals surface area contributed by atoms with Crippen molar-refractivity contribution >= 4 is 11.6 Å². The number of ether oxygens (including phenoxy) is 3. The van der Waals surface area contributed by atoms with Crippen LogP contribution in [-0.2, 0) is 6.61 Å². The van der Waals surface area contributed by atoms with Crippen LogP contribution in [0.25, 0.3) is 0 Å². The minimum Gasteiger partial charge on any atom is -0.493 e. The van der Waals surface area contributed by atoms with Gasteiger partial charge in [0, 0.05) is 18.3 Å². The first-order chi connectivity index (χ1) is 10.2. The molecular weight excluding hydrogens is 292 g/mol. The highest BCUT2D eigenvalue weighted by Crippen LogP contribution is 2.30. The van der Waals surface area contributed by atoms with Crippen LogP contribution in [0, 0.1) is 11.3 Å². The van der Waals surface area contributed by atoms with E-state index in [0.29, 0.717) is 33.5 Å². The van der Waals surface area contributed by atoms with Crippen molar-refractivity contribution in [1.82, 2.24) is 4.98 Å². The third-order valence-corrected chi connectivity index (χ3v) is 3.12. The predicted molar refractivity (Wildman–Crippen MR) is 77.8 cm³/mol. The molecule has 2 aromatic rings. The Balaban J connectivity index is 2.17. The van der Waals surface area contributed by atoms with Gasteiger partial charge in [-0.1, -0.05) is 11.6 Å². The molecule has 1 aromatic heterocycles. The van der Waals surface area contributed by atoms with Crippen molar-refractivity contribution < 1.29 is 14.2 Å². The summed E-state index contributed by atoms with van der Waals surface area (Å²) in [5, 5.41) is 9.18. The quantitative estimate of drug-likeness (QED) is 0.848. The van der Waals surface area contributed by atoms with E-state index in [2.05, 4.69) is 4.98 Å². The van der Waals surface area contributed by atoms with Crippen molar-refractivity contribution in [2.75, 3.05) is 14.2 Å². The Labute approximate surface area is 127 Å². The van der Waals surface area contributed by atoms with E-state index in [1.54, 1.807) is 44.7 Å². The Bertz CT molecular complexity index is 683. The molecular formula is C15H13ClN2O3. The standard InChI is InChI=1S/C15H13ClN2O3/c1-19-14-5-6-18-13(15(14)20-2)9-21-11-4-3-10(8-17)12(16)7-11/h3-7H,9H2,1-2H3. The van der Waals surface area contributed by atoms with Crippen LogP contribution in [0.1, 0.15) is 11.3 Å². The maximum Gasteiger partial charge on any atom is 0.185 e. The molecule has 0 aliphatic heterocycles. The summed E-state index contributed by atoms with van der Waals surface area (Å²) in [4.78, 5) is 4.21. The Morgan fingerprint density at radius 3 is 2.67 bits per heavy atom. The van der Waals surface area contributed by atoms with E-state index >= 15 is 0 Å². The zero-order valence-electron chi connectivity index (χ0n) is 11.6. The Morgan fingerprint density at radius 1 is 1.24 bits per heavy atom. The summed E-state index contributed by atoms with van der Waals surface area (Å²) in [6.07, 6.45) is 1.62. The van der Waals surface area contributed by atoms with Gasteiger partial charge in [-0.05, 0) is 12.1 Å². The molecule has 6 heteroatoms. The highest BCUT2D eigenvalue weighted by Gasteiger charge is 2.12. The minimum atomic E-state index is 0.197. The minimum absolute atomic E-state index is 0.197. The van der Waals surface area contributed by atoms with Gasteiger partial charge >= 0.3 is 0 Å². The largest absolute Gasteiger partial charge is 0.493 e. The molecule has 108 valence electrons. The van der Waals surface area contributed by atoms with Gasteiger partial charge in [0.1, 0.15) is 24.1 Å². The summed E-state index contributed by atoms with van der Waals surface area (Å²) in [6, 6.07) is 8.58. The number of halogens is 1. The van der Waals surface area contributed by atoms with Crippen molar-refractivity contribution in [3.8, 4) is 23.3 Å². The molecule has 21 heavy (non-hydrogen) atoms. The van der Waals surface area contributed by atoms with Gasteiger partial charge < -0.3 is 14.2 Å². The Hall–Kier alpha value is -2.45. The van der Waals surface area contributed by atoms with Crippen LogP contribution in [0.3, 0.4) is 0 Å². The van der Waals surface area contributed by atoms with Crippen molar-refractivity contribution in [2.24, 2.45) is 0 Å². The molecule has 0 amide bonds. The lowest BCUT2D eigenvalue weighted by molar-refractivity contribution is 0.285. The van der Waals surface area contributed by atoms with E-state index in [0.717, 1.165) is 0 Å². The zero-order chi connectivity index (χ0) is 15.2. The predicted octanol–water partition coefficient (Wildman–Crippen LogP) is 3.20. The highest BCUT2D eigenvalue weighted by atomic mass is 35.5. The van der Waals surface area contributed by atoms with E-state index in [-0.39, 0.29) is 6.61 Å². The number of rotatable bonds is 5. The fourth-order valence-electron chi connectivity index (χ4n) is 1.78. The van der Waals surface area contributed by atoms with E-state index in [1.807, 2.05) is 6.07 Å². The van der Waals surface area contributed by atoms with E-state index in [9.17, 15) is 0 Å². The van der Waals surface area contributed by atoms with Crippen molar-refractivity contribution in [2.45, 2.75) is 6.61 Å². The van der Waals surface area contributed by atoms with E-state index in [1.165, 1.54) is 0 Å². The van der Waals surface area contributed by atoms with Crippen LogP contribution in [0.15, 0.2) is 30.5 Å². The normalized spacial score (nSPS) is 9.81. The molecule has 0 saturated heterocycles. The fraction of sp³-hybridized carbons (Fsp3) is 0.200. The second kappa shape index (κ2) is 6.82. The second-order valence-electron chi connectivity index (χ2n) is 4.04. The van der Waals surface area contributed by atoms with Crippen LogP contribution in [0.5, 0.6) is 17.2 Å². The van der Waals surface area contributed by atoms with Crippen LogP contribution < -0.4 is 14.2 Å². The SMILES string of the molecule is COc1ccnc(COc2ccc(C#N)c(Cl)c2)c1OC. The molecule has 0 aliphatic carbocycles. The number of methoxy groups -OCH3 is 2. The van der Waals surface area contributed by atoms with Crippen molar-refractivity contribution in [1.29, 1.82) is 5.26 Å². The molecule has 0 aliphatic rings. The van der Waals surface area contributed by atoms with Gasteiger partial charge in [-0.25, -0.2) is 0 Å². The number of benzene rings is 1. The monoisotopic (exact) mass is 304 g/mol. The smallest absolute Gasteiger partial charge is 0.185 e. The first-order valence-corrected chi connectivity index (χ1v) is 6.45. The molecule has 1 heterocycles. The molecule has 2 rings (SSSR count). The summed E-state index contributed by atoms with van der Waals surface area (Å²) in [6.45, 7) is 0.197.